The van der Waals surface area contributed by atoms with Gasteiger partial charge in [-0.15, -0.1) is 0 Å². The van der Waals surface area contributed by atoms with Crippen molar-refractivity contribution in [2.24, 2.45) is 0 Å². The van der Waals surface area contributed by atoms with Crippen molar-refractivity contribution in [1.82, 2.24) is 0 Å². The Bertz CT molecular complexity index is 201. The van der Waals surface area contributed by atoms with Crippen molar-refractivity contribution in [2.45, 2.75) is 50.3 Å². The molecule has 0 aliphatic heterocycles. The Hall–Kier alpha value is -0.240. The summed E-state index contributed by atoms with van der Waals surface area (Å²) in [5.74, 6) is 0. The lowest BCUT2D eigenvalue weighted by atomic mass is 9.79. The van der Waals surface area contributed by atoms with Gasteiger partial charge in [0.05, 0.1) is 12.7 Å². The Morgan fingerprint density at radius 2 is 1.47 bits per heavy atom. The van der Waals surface area contributed by atoms with Crippen molar-refractivity contribution in [3.8, 4) is 0 Å². The summed E-state index contributed by atoms with van der Waals surface area (Å²) >= 11 is 0. The number of aliphatic hydroxyl groups excluding tert-OH is 4. The monoisotopic (exact) mass is 224 g/mol. The Labute approximate surface area is 88.4 Å². The average Bonchev–Trinajstić information content (AvgIpc) is 2.14. The van der Waals surface area contributed by atoms with Crippen LogP contribution in [0.2, 0.25) is 0 Å². The van der Waals surface area contributed by atoms with Gasteiger partial charge in [0.1, 0.15) is 23.4 Å². The Morgan fingerprint density at radius 1 is 1.07 bits per heavy atom. The summed E-state index contributed by atoms with van der Waals surface area (Å²) in [6.07, 6.45) is -4.65. The number of rotatable bonds is 5. The van der Waals surface area contributed by atoms with Gasteiger partial charge in [-0.3, -0.25) is 0 Å². The summed E-state index contributed by atoms with van der Waals surface area (Å²) in [5, 5.41) is 56.1. The molecule has 0 saturated heterocycles. The average molecular weight is 224 g/mol. The molecule has 0 bridgehead atoms. The van der Waals surface area contributed by atoms with Crippen molar-refractivity contribution in [3.63, 3.8) is 0 Å². The first-order chi connectivity index (χ1) is 6.58. The van der Waals surface area contributed by atoms with Crippen molar-refractivity contribution in [3.05, 3.63) is 0 Å². The van der Waals surface area contributed by atoms with Crippen LogP contribution < -0.4 is 0 Å². The van der Waals surface area contributed by atoms with Gasteiger partial charge < -0.3 is 30.6 Å². The predicted molar refractivity (Wildman–Crippen MR) is 52.0 cm³/mol. The second-order valence-electron chi connectivity index (χ2n) is 4.26. The van der Waals surface area contributed by atoms with Gasteiger partial charge in [-0.1, -0.05) is 0 Å². The SMILES string of the molecule is CC(O)[C@@H](O)[C@H](O)[C@](C)(O)[C@@](C)(O)CO. The number of hydrogen-bond acceptors (Lipinski definition) is 6. The van der Waals surface area contributed by atoms with Gasteiger partial charge in [0, 0.05) is 0 Å². The molecule has 0 aromatic rings. The van der Waals surface area contributed by atoms with Crippen LogP contribution in [0.5, 0.6) is 0 Å². The molecule has 0 spiro atoms. The molecule has 6 nitrogen and oxygen atoms in total. The molecule has 0 aliphatic carbocycles. The molecule has 0 amide bonds. The Balaban J connectivity index is 4.87. The topological polar surface area (TPSA) is 121 Å². The van der Waals surface area contributed by atoms with Gasteiger partial charge in [0.2, 0.25) is 0 Å². The molecule has 6 N–H and O–H groups in total. The van der Waals surface area contributed by atoms with E-state index in [9.17, 15) is 20.4 Å². The van der Waals surface area contributed by atoms with Crippen LogP contribution in [0.1, 0.15) is 20.8 Å². The zero-order valence-corrected chi connectivity index (χ0v) is 9.12. The number of aliphatic hydroxyl groups is 6. The molecular formula is C9H20O6. The number of hydrogen-bond donors (Lipinski definition) is 6. The first-order valence-electron chi connectivity index (χ1n) is 4.67. The molecule has 6 heteroatoms. The van der Waals surface area contributed by atoms with E-state index >= 15 is 0 Å². The van der Waals surface area contributed by atoms with E-state index in [1.807, 2.05) is 0 Å². The summed E-state index contributed by atoms with van der Waals surface area (Å²) < 4.78 is 0. The lowest BCUT2D eigenvalue weighted by Crippen LogP contribution is -2.64. The smallest absolute Gasteiger partial charge is 0.121 e. The first kappa shape index (κ1) is 14.8. The van der Waals surface area contributed by atoms with Crippen molar-refractivity contribution < 1.29 is 30.6 Å². The minimum absolute atomic E-state index is 0.788. The Kier molecular flexibility index (Phi) is 4.66. The summed E-state index contributed by atoms with van der Waals surface area (Å²) in [5.41, 5.74) is -4.12. The lowest BCUT2D eigenvalue weighted by molar-refractivity contribution is -0.227. The van der Waals surface area contributed by atoms with Gasteiger partial charge in [-0.2, -0.15) is 0 Å². The standard InChI is InChI=1S/C9H20O6/c1-5(11)6(12)7(13)9(3,15)8(2,14)4-10/h5-7,10-15H,4H2,1-3H3/t5?,6-,7+,8+,9+/m1/s1. The van der Waals surface area contributed by atoms with E-state index in [1.165, 1.54) is 6.92 Å². The molecule has 0 radical (unpaired) electrons. The van der Waals surface area contributed by atoms with Crippen LogP contribution >= 0.6 is 0 Å². The van der Waals surface area contributed by atoms with Crippen LogP contribution in [0.15, 0.2) is 0 Å². The van der Waals surface area contributed by atoms with Crippen LogP contribution in [0.3, 0.4) is 0 Å². The minimum Gasteiger partial charge on any atom is -0.393 e. The van der Waals surface area contributed by atoms with Gasteiger partial charge in [0.25, 0.3) is 0 Å². The molecule has 5 atom stereocenters. The van der Waals surface area contributed by atoms with Crippen LogP contribution in [0.25, 0.3) is 0 Å². The molecule has 0 heterocycles. The van der Waals surface area contributed by atoms with E-state index < -0.39 is 36.1 Å². The normalized spacial score (nSPS) is 26.2. The Morgan fingerprint density at radius 3 is 1.73 bits per heavy atom. The highest BCUT2D eigenvalue weighted by Crippen LogP contribution is 2.27. The molecule has 0 aromatic heterocycles. The summed E-state index contributed by atoms with van der Waals surface area (Å²) in [6.45, 7) is 2.63. The van der Waals surface area contributed by atoms with E-state index in [2.05, 4.69) is 0 Å². The third-order valence-electron chi connectivity index (χ3n) is 2.79. The fraction of sp³-hybridized carbons (Fsp3) is 1.00. The molecule has 0 fully saturated rings. The van der Waals surface area contributed by atoms with Gasteiger partial charge >= 0.3 is 0 Å². The van der Waals surface area contributed by atoms with E-state index in [0.717, 1.165) is 13.8 Å². The fourth-order valence-corrected chi connectivity index (χ4v) is 1.07. The van der Waals surface area contributed by atoms with Crippen LogP contribution in [0.4, 0.5) is 0 Å². The fourth-order valence-electron chi connectivity index (χ4n) is 1.07. The quantitative estimate of drug-likeness (QED) is 0.309. The second kappa shape index (κ2) is 4.73. The largest absolute Gasteiger partial charge is 0.393 e. The predicted octanol–water partition coefficient (Wildman–Crippen LogP) is -2.42. The van der Waals surface area contributed by atoms with Crippen LogP contribution in [-0.2, 0) is 0 Å². The molecule has 0 saturated carbocycles. The van der Waals surface area contributed by atoms with Crippen molar-refractivity contribution in [2.75, 3.05) is 6.61 Å². The lowest BCUT2D eigenvalue weighted by Gasteiger charge is -2.42. The molecule has 15 heavy (non-hydrogen) atoms. The van der Waals surface area contributed by atoms with Gasteiger partial charge in [-0.25, -0.2) is 0 Å². The van der Waals surface area contributed by atoms with Crippen molar-refractivity contribution >= 4 is 0 Å². The van der Waals surface area contributed by atoms with E-state index in [1.54, 1.807) is 0 Å². The molecule has 1 unspecified atom stereocenters. The second-order valence-corrected chi connectivity index (χ2v) is 4.26. The van der Waals surface area contributed by atoms with Crippen molar-refractivity contribution in [1.29, 1.82) is 0 Å². The summed E-state index contributed by atoms with van der Waals surface area (Å²) in [4.78, 5) is 0. The van der Waals surface area contributed by atoms with E-state index in [-0.39, 0.29) is 0 Å². The molecule has 92 valence electrons. The highest BCUT2D eigenvalue weighted by Gasteiger charge is 2.50. The van der Waals surface area contributed by atoms with Gasteiger partial charge in [0.15, 0.2) is 0 Å². The minimum atomic E-state index is -2.14. The molecular weight excluding hydrogens is 204 g/mol. The maximum absolute atomic E-state index is 9.80. The third kappa shape index (κ3) is 2.87. The maximum Gasteiger partial charge on any atom is 0.121 e. The summed E-state index contributed by atoms with van der Waals surface area (Å²) in [7, 11) is 0. The molecule has 0 aliphatic rings. The summed E-state index contributed by atoms with van der Waals surface area (Å²) in [6, 6.07) is 0. The zero-order chi connectivity index (χ0) is 12.4. The van der Waals surface area contributed by atoms with E-state index in [4.69, 9.17) is 10.2 Å². The zero-order valence-electron chi connectivity index (χ0n) is 9.12. The van der Waals surface area contributed by atoms with Crippen LogP contribution in [0, 0.1) is 0 Å². The van der Waals surface area contributed by atoms with E-state index in [0.29, 0.717) is 0 Å². The van der Waals surface area contributed by atoms with Crippen LogP contribution in [-0.4, -0.2) is 66.8 Å². The maximum atomic E-state index is 9.80. The van der Waals surface area contributed by atoms with Gasteiger partial charge in [-0.05, 0) is 20.8 Å². The molecule has 0 aromatic carbocycles. The third-order valence-corrected chi connectivity index (χ3v) is 2.79. The first-order valence-corrected chi connectivity index (χ1v) is 4.67. The molecule has 0 rings (SSSR count). The highest BCUT2D eigenvalue weighted by molar-refractivity contribution is 5.01. The highest BCUT2D eigenvalue weighted by atomic mass is 16.4.